The average Bonchev–Trinajstić information content (AvgIpc) is 3.08. The van der Waals surface area contributed by atoms with Gasteiger partial charge >= 0.3 is 0 Å². The zero-order valence-electron chi connectivity index (χ0n) is 19.6. The maximum atomic E-state index is 14.2. The van der Waals surface area contributed by atoms with E-state index in [4.69, 9.17) is 9.47 Å². The molecule has 1 aliphatic rings. The number of halogens is 2. The number of carbonyl (C=O) groups excluding carboxylic acids is 1. The Morgan fingerprint density at radius 1 is 0.971 bits per heavy atom. The SMILES string of the molecule is COc1ccccc1CNC(=O)c1c(OC)cc(=O)n2c1CCN(Cc1cccc(F)c1F)CC2. The number of fused-ring (bicyclic) bond motifs is 1. The summed E-state index contributed by atoms with van der Waals surface area (Å²) in [6.45, 7) is 1.63. The number of nitrogens with zero attached hydrogens (tertiary/aromatic N) is 2. The van der Waals surface area contributed by atoms with Crippen molar-refractivity contribution in [3.05, 3.63) is 92.9 Å². The van der Waals surface area contributed by atoms with Crippen molar-refractivity contribution < 1.29 is 23.0 Å². The van der Waals surface area contributed by atoms with Crippen LogP contribution in [0.1, 0.15) is 27.2 Å². The highest BCUT2D eigenvalue weighted by Crippen LogP contribution is 2.24. The summed E-state index contributed by atoms with van der Waals surface area (Å²) in [6, 6.07) is 12.8. The smallest absolute Gasteiger partial charge is 0.257 e. The lowest BCUT2D eigenvalue weighted by atomic mass is 10.1. The average molecular weight is 484 g/mol. The first kappa shape index (κ1) is 24.4. The molecule has 1 N–H and O–H groups in total. The third kappa shape index (κ3) is 5.19. The van der Waals surface area contributed by atoms with Crippen molar-refractivity contribution in [2.45, 2.75) is 26.1 Å². The molecule has 184 valence electrons. The van der Waals surface area contributed by atoms with E-state index in [1.54, 1.807) is 17.7 Å². The monoisotopic (exact) mass is 483 g/mol. The van der Waals surface area contributed by atoms with E-state index < -0.39 is 11.6 Å². The molecule has 0 unspecified atom stereocenters. The van der Waals surface area contributed by atoms with Gasteiger partial charge < -0.3 is 19.4 Å². The van der Waals surface area contributed by atoms with Crippen LogP contribution in [0.15, 0.2) is 53.3 Å². The third-order valence-corrected chi connectivity index (χ3v) is 6.19. The van der Waals surface area contributed by atoms with Gasteiger partial charge in [-0.05, 0) is 12.1 Å². The molecule has 0 saturated carbocycles. The Morgan fingerprint density at radius 2 is 1.71 bits per heavy atom. The molecule has 1 aromatic heterocycles. The minimum Gasteiger partial charge on any atom is -0.496 e. The van der Waals surface area contributed by atoms with E-state index >= 15 is 0 Å². The van der Waals surface area contributed by atoms with E-state index in [2.05, 4.69) is 5.32 Å². The molecule has 1 aliphatic heterocycles. The number of carbonyl (C=O) groups is 1. The van der Waals surface area contributed by atoms with Gasteiger partial charge in [-0.1, -0.05) is 30.3 Å². The molecule has 1 amide bonds. The maximum Gasteiger partial charge on any atom is 0.257 e. The molecule has 2 aromatic carbocycles. The minimum absolute atomic E-state index is 0.193. The standard InChI is InChI=1S/C26H27F2N3O4/c1-34-21-9-4-3-6-17(21)15-29-26(33)24-20-10-11-30(16-18-7-5-8-19(27)25(18)28)12-13-31(20)23(32)14-22(24)35-2/h3-9,14H,10-13,15-16H2,1-2H3,(H,29,33). The lowest BCUT2D eigenvalue weighted by Gasteiger charge is -2.19. The van der Waals surface area contributed by atoms with Crippen LogP contribution >= 0.6 is 0 Å². The number of methoxy groups -OCH3 is 2. The number of nitrogens with one attached hydrogen (secondary N) is 1. The van der Waals surface area contributed by atoms with Crippen molar-refractivity contribution in [2.24, 2.45) is 0 Å². The van der Waals surface area contributed by atoms with Crippen LogP contribution in [0.3, 0.4) is 0 Å². The summed E-state index contributed by atoms with van der Waals surface area (Å²) in [5, 5.41) is 2.90. The Balaban J connectivity index is 1.58. The molecule has 0 fully saturated rings. The lowest BCUT2D eigenvalue weighted by Crippen LogP contribution is -2.31. The van der Waals surface area contributed by atoms with Crippen molar-refractivity contribution in [2.75, 3.05) is 27.3 Å². The highest BCUT2D eigenvalue weighted by atomic mass is 19.2. The fourth-order valence-electron chi connectivity index (χ4n) is 4.38. The van der Waals surface area contributed by atoms with E-state index in [-0.39, 0.29) is 35.9 Å². The largest absolute Gasteiger partial charge is 0.496 e. The van der Waals surface area contributed by atoms with E-state index in [0.717, 1.165) is 11.6 Å². The molecule has 9 heteroatoms. The summed E-state index contributed by atoms with van der Waals surface area (Å²) < 4.78 is 40.1. The second-order valence-electron chi connectivity index (χ2n) is 8.26. The highest BCUT2D eigenvalue weighted by molar-refractivity contribution is 5.98. The maximum absolute atomic E-state index is 14.2. The van der Waals surface area contributed by atoms with Crippen molar-refractivity contribution in [1.29, 1.82) is 0 Å². The van der Waals surface area contributed by atoms with Gasteiger partial charge in [0.15, 0.2) is 11.6 Å². The number of rotatable bonds is 7. The van der Waals surface area contributed by atoms with Gasteiger partial charge in [0.25, 0.3) is 11.5 Å². The zero-order chi connectivity index (χ0) is 24.9. The van der Waals surface area contributed by atoms with Gasteiger partial charge in [0.05, 0.1) is 14.2 Å². The zero-order valence-corrected chi connectivity index (χ0v) is 19.6. The van der Waals surface area contributed by atoms with Crippen LogP contribution in [0.25, 0.3) is 0 Å². The van der Waals surface area contributed by atoms with Gasteiger partial charge in [-0.25, -0.2) is 8.78 Å². The summed E-state index contributed by atoms with van der Waals surface area (Å²) in [5.74, 6) is -1.28. The van der Waals surface area contributed by atoms with Crippen LogP contribution in [-0.4, -0.2) is 42.7 Å². The van der Waals surface area contributed by atoms with Gasteiger partial charge in [-0.2, -0.15) is 0 Å². The minimum atomic E-state index is -0.893. The molecule has 0 atom stereocenters. The normalized spacial score (nSPS) is 13.6. The van der Waals surface area contributed by atoms with E-state index in [9.17, 15) is 18.4 Å². The molecule has 0 aliphatic carbocycles. The number of para-hydroxylation sites is 1. The van der Waals surface area contributed by atoms with Gasteiger partial charge in [0.1, 0.15) is 17.1 Å². The van der Waals surface area contributed by atoms with Gasteiger partial charge in [0, 0.05) is 62.0 Å². The molecule has 0 spiro atoms. The number of pyridine rings is 1. The Hall–Kier alpha value is -3.72. The summed E-state index contributed by atoms with van der Waals surface area (Å²) in [6.07, 6.45) is 0.362. The van der Waals surface area contributed by atoms with Gasteiger partial charge in [-0.15, -0.1) is 0 Å². The van der Waals surface area contributed by atoms with Crippen LogP contribution in [0.2, 0.25) is 0 Å². The molecule has 0 bridgehead atoms. The van der Waals surface area contributed by atoms with Crippen molar-refractivity contribution >= 4 is 5.91 Å². The first-order chi connectivity index (χ1) is 16.9. The molecule has 0 radical (unpaired) electrons. The predicted molar refractivity (Wildman–Crippen MR) is 127 cm³/mol. The topological polar surface area (TPSA) is 72.8 Å². The number of ether oxygens (including phenoxy) is 2. The van der Waals surface area contributed by atoms with E-state index in [1.165, 1.54) is 19.2 Å². The summed E-state index contributed by atoms with van der Waals surface area (Å²) in [5.41, 5.74) is 1.62. The van der Waals surface area contributed by atoms with E-state index in [0.29, 0.717) is 43.1 Å². The molecule has 2 heterocycles. The Labute approximate surface area is 201 Å². The number of amides is 1. The number of hydrogen-bond donors (Lipinski definition) is 1. The molecule has 35 heavy (non-hydrogen) atoms. The quantitative estimate of drug-likeness (QED) is 0.559. The van der Waals surface area contributed by atoms with Crippen molar-refractivity contribution in [1.82, 2.24) is 14.8 Å². The predicted octanol–water partition coefficient (Wildman–Crippen LogP) is 3.13. The molecular formula is C26H27F2N3O4. The molecular weight excluding hydrogens is 456 g/mol. The van der Waals surface area contributed by atoms with E-state index in [1.807, 2.05) is 29.2 Å². The van der Waals surface area contributed by atoms with Crippen molar-refractivity contribution in [3.8, 4) is 11.5 Å². The Morgan fingerprint density at radius 3 is 2.49 bits per heavy atom. The van der Waals surface area contributed by atoms with Crippen LogP contribution in [-0.2, 0) is 26.1 Å². The molecule has 4 rings (SSSR count). The number of benzene rings is 2. The highest BCUT2D eigenvalue weighted by Gasteiger charge is 2.26. The van der Waals surface area contributed by atoms with Crippen LogP contribution in [0.4, 0.5) is 8.78 Å². The van der Waals surface area contributed by atoms with Gasteiger partial charge in [0.2, 0.25) is 0 Å². The van der Waals surface area contributed by atoms with Gasteiger partial charge in [-0.3, -0.25) is 14.5 Å². The second-order valence-corrected chi connectivity index (χ2v) is 8.26. The number of aromatic nitrogens is 1. The summed E-state index contributed by atoms with van der Waals surface area (Å²) in [4.78, 5) is 28.0. The third-order valence-electron chi connectivity index (χ3n) is 6.19. The fourth-order valence-corrected chi connectivity index (χ4v) is 4.38. The van der Waals surface area contributed by atoms with Crippen LogP contribution < -0.4 is 20.3 Å². The summed E-state index contributed by atoms with van der Waals surface area (Å²) in [7, 11) is 2.98. The fraction of sp³-hybridized carbons (Fsp3) is 0.308. The molecule has 0 saturated heterocycles. The first-order valence-electron chi connectivity index (χ1n) is 11.3. The van der Waals surface area contributed by atoms with Crippen LogP contribution in [0.5, 0.6) is 11.5 Å². The lowest BCUT2D eigenvalue weighted by molar-refractivity contribution is 0.0945. The van der Waals surface area contributed by atoms with Crippen molar-refractivity contribution in [3.63, 3.8) is 0 Å². The molecule has 3 aromatic rings. The Kier molecular flexibility index (Phi) is 7.45. The summed E-state index contributed by atoms with van der Waals surface area (Å²) >= 11 is 0. The number of hydrogen-bond acceptors (Lipinski definition) is 5. The first-order valence-corrected chi connectivity index (χ1v) is 11.3. The molecule has 7 nitrogen and oxygen atoms in total. The van der Waals surface area contributed by atoms with Crippen LogP contribution in [0, 0.1) is 11.6 Å². The second kappa shape index (κ2) is 10.7. The Bertz CT molecular complexity index is 1290.